The van der Waals surface area contributed by atoms with Crippen molar-refractivity contribution >= 4 is 23.6 Å². The van der Waals surface area contributed by atoms with E-state index in [2.05, 4.69) is 12.2 Å². The smallest absolute Gasteiger partial charge is 0.168 e. The third-order valence-corrected chi connectivity index (χ3v) is 1.37. The summed E-state index contributed by atoms with van der Waals surface area (Å²) in [5, 5.41) is 1.79. The summed E-state index contributed by atoms with van der Waals surface area (Å²) >= 11 is 6.08. The fourth-order valence-corrected chi connectivity index (χ4v) is 0.798. The van der Waals surface area contributed by atoms with Crippen LogP contribution in [0.2, 0.25) is 1.41 Å². The molecule has 0 saturated carbocycles. The van der Waals surface area contributed by atoms with Crippen LogP contribution in [-0.2, 0) is 0 Å². The Morgan fingerprint density at radius 2 is 3.00 bits per heavy atom. The first-order chi connectivity index (χ1) is 3.30. The molecule has 0 fully saturated rings. The molecule has 0 radical (unpaired) electrons. The SMILES string of the molecule is [2H]n1ccsc1=S. The van der Waals surface area contributed by atoms with Gasteiger partial charge in [-0.3, -0.25) is 0 Å². The molecule has 0 spiro atoms. The maximum atomic E-state index is 6.92. The Labute approximate surface area is 46.1 Å². The summed E-state index contributed by atoms with van der Waals surface area (Å²) in [6, 6.07) is 0. The molecule has 1 heterocycles. The van der Waals surface area contributed by atoms with Crippen molar-refractivity contribution < 1.29 is 1.41 Å². The van der Waals surface area contributed by atoms with Crippen molar-refractivity contribution in [2.75, 3.05) is 0 Å². The van der Waals surface area contributed by atoms with Crippen LogP contribution in [0.3, 0.4) is 0 Å². The highest BCUT2D eigenvalue weighted by molar-refractivity contribution is 7.73. The van der Waals surface area contributed by atoms with Gasteiger partial charge in [-0.25, -0.2) is 0 Å². The summed E-state index contributed by atoms with van der Waals surface area (Å²) in [6.45, 7) is 0. The molecule has 1 nitrogen and oxygen atoms in total. The van der Waals surface area contributed by atoms with Gasteiger partial charge in [-0.15, -0.1) is 11.3 Å². The molecule has 3 heteroatoms. The van der Waals surface area contributed by atoms with Crippen LogP contribution in [0.1, 0.15) is 0 Å². The van der Waals surface area contributed by atoms with Gasteiger partial charge in [-0.05, 0) is 12.2 Å². The topological polar surface area (TPSA) is 15.8 Å². The highest BCUT2D eigenvalue weighted by atomic mass is 32.1. The Morgan fingerprint density at radius 1 is 2.17 bits per heavy atom. The van der Waals surface area contributed by atoms with Gasteiger partial charge < -0.3 is 4.98 Å². The number of aromatic amines is 1. The normalized spacial score (nSPS) is 11.0. The van der Waals surface area contributed by atoms with Crippen LogP contribution < -0.4 is 0 Å². The van der Waals surface area contributed by atoms with Crippen molar-refractivity contribution in [2.45, 2.75) is 0 Å². The van der Waals surface area contributed by atoms with E-state index >= 15 is 0 Å². The quantitative estimate of drug-likeness (QED) is 0.514. The molecule has 1 aromatic rings. The molecular formula is C3H3NS2. The molecule has 1 rings (SSSR count). The minimum atomic E-state index is 0.597. The van der Waals surface area contributed by atoms with Gasteiger partial charge in [0, 0.05) is 11.6 Å². The van der Waals surface area contributed by atoms with Gasteiger partial charge in [0.25, 0.3) is 0 Å². The Hall–Kier alpha value is -0.150. The first kappa shape index (κ1) is 2.93. The summed E-state index contributed by atoms with van der Waals surface area (Å²) in [7, 11) is 0. The summed E-state index contributed by atoms with van der Waals surface area (Å²) < 4.78 is 7.52. The number of H-pyrrole nitrogens is 1. The van der Waals surface area contributed by atoms with Crippen LogP contribution >= 0.6 is 23.6 Å². The highest BCUT2D eigenvalue weighted by Crippen LogP contribution is 1.92. The van der Waals surface area contributed by atoms with Crippen LogP contribution in [0.5, 0.6) is 0 Å². The molecular weight excluding hydrogens is 114 g/mol. The van der Waals surface area contributed by atoms with Gasteiger partial charge in [-0.2, -0.15) is 0 Å². The van der Waals surface area contributed by atoms with E-state index in [9.17, 15) is 0 Å². The maximum Gasteiger partial charge on any atom is 0.168 e. The molecule has 6 heavy (non-hydrogen) atoms. The lowest BCUT2D eigenvalue weighted by Gasteiger charge is -1.53. The number of hydrogen-bond donors (Lipinski definition) is 1. The largest absolute Gasteiger partial charge is 0.344 e. The average molecular weight is 118 g/mol. The third-order valence-electron chi connectivity index (χ3n) is 0.410. The van der Waals surface area contributed by atoms with Crippen LogP contribution in [-0.4, -0.2) is 4.98 Å². The van der Waals surface area contributed by atoms with Gasteiger partial charge in [0.15, 0.2) is 5.37 Å². The first-order valence-corrected chi connectivity index (χ1v) is 2.75. The van der Waals surface area contributed by atoms with E-state index in [1.54, 1.807) is 11.6 Å². The van der Waals surface area contributed by atoms with Crippen molar-refractivity contribution in [1.29, 1.82) is 0 Å². The Kier molecular flexibility index (Phi) is 0.749. The minimum absolute atomic E-state index is 0.597. The van der Waals surface area contributed by atoms with Gasteiger partial charge in [0.2, 0.25) is 0 Å². The van der Waals surface area contributed by atoms with Gasteiger partial charge >= 0.3 is 0 Å². The zero-order valence-corrected chi connectivity index (χ0v) is 4.55. The second-order valence-corrected chi connectivity index (χ2v) is 2.34. The predicted molar refractivity (Wildman–Crippen MR) is 29.5 cm³/mol. The van der Waals surface area contributed by atoms with E-state index in [0.29, 0.717) is 3.95 Å². The second kappa shape index (κ2) is 1.53. The minimum Gasteiger partial charge on any atom is -0.344 e. The van der Waals surface area contributed by atoms with E-state index in [0.717, 1.165) is 0 Å². The standard InChI is InChI=1S/C3H3NS2/c5-3-4-1-2-6-3/h1-2H,(H,4,5)/i/hD. The van der Waals surface area contributed by atoms with Crippen LogP contribution in [0.15, 0.2) is 11.6 Å². The Bertz CT molecular complexity index is 201. The van der Waals surface area contributed by atoms with Crippen molar-refractivity contribution in [3.63, 3.8) is 0 Å². The summed E-state index contributed by atoms with van der Waals surface area (Å²) in [6.07, 6.45) is 1.62. The van der Waals surface area contributed by atoms with Crippen LogP contribution in [0.25, 0.3) is 0 Å². The molecule has 0 aliphatic carbocycles. The second-order valence-electron chi connectivity index (χ2n) is 0.798. The van der Waals surface area contributed by atoms with E-state index in [1.165, 1.54) is 16.3 Å². The number of thiazole rings is 1. The zero-order chi connectivity index (χ0) is 5.28. The molecule has 0 saturated heterocycles. The van der Waals surface area contributed by atoms with Gasteiger partial charge in [0.1, 0.15) is 0 Å². The lowest BCUT2D eigenvalue weighted by atomic mass is 11.0. The fourth-order valence-electron chi connectivity index (χ4n) is 0.210. The number of aromatic nitrogens is 1. The maximum absolute atomic E-state index is 6.92. The average Bonchev–Trinajstić information content (AvgIpc) is 1.91. The molecule has 0 atom stereocenters. The van der Waals surface area contributed by atoms with Crippen molar-refractivity contribution in [2.24, 2.45) is 0 Å². The van der Waals surface area contributed by atoms with E-state index in [1.807, 2.05) is 0 Å². The fraction of sp³-hybridized carbons (Fsp3) is 0. The first-order valence-electron chi connectivity index (χ1n) is 1.91. The summed E-state index contributed by atoms with van der Waals surface area (Å²) in [5.41, 5.74) is 0. The molecule has 0 aromatic carbocycles. The zero-order valence-electron chi connectivity index (χ0n) is 3.92. The molecule has 0 bridgehead atoms. The molecule has 0 aliphatic heterocycles. The molecule has 32 valence electrons. The lowest BCUT2D eigenvalue weighted by molar-refractivity contribution is 1.40. The van der Waals surface area contributed by atoms with Crippen LogP contribution in [0.4, 0.5) is 0 Å². The van der Waals surface area contributed by atoms with Crippen molar-refractivity contribution in [3.05, 3.63) is 15.5 Å². The monoisotopic (exact) mass is 118 g/mol. The Morgan fingerprint density at radius 3 is 3.17 bits per heavy atom. The molecule has 0 unspecified atom stereocenters. The van der Waals surface area contributed by atoms with Gasteiger partial charge in [0.05, 0.1) is 0 Å². The summed E-state index contributed by atoms with van der Waals surface area (Å²) in [4.78, 5) is 1.17. The third kappa shape index (κ3) is 0.666. The van der Waals surface area contributed by atoms with Crippen molar-refractivity contribution in [1.82, 2.24) is 4.98 Å². The molecule has 0 amide bonds. The van der Waals surface area contributed by atoms with E-state index in [4.69, 9.17) is 1.41 Å². The van der Waals surface area contributed by atoms with Crippen molar-refractivity contribution in [3.8, 4) is 0 Å². The van der Waals surface area contributed by atoms with Gasteiger partial charge in [-0.1, -0.05) is 0 Å². The Balaban J connectivity index is 3.39. The van der Waals surface area contributed by atoms with Crippen LogP contribution in [0, 0.1) is 3.95 Å². The predicted octanol–water partition coefficient (Wildman–Crippen LogP) is 1.81. The van der Waals surface area contributed by atoms with E-state index < -0.39 is 0 Å². The number of rotatable bonds is 0. The highest BCUT2D eigenvalue weighted by Gasteiger charge is 1.67. The summed E-state index contributed by atoms with van der Waals surface area (Å²) in [5.74, 6) is 0. The number of hydrogen-bond acceptors (Lipinski definition) is 2. The number of nitrogens with one attached hydrogen (secondary N) is 1. The molecule has 1 aromatic heterocycles. The van der Waals surface area contributed by atoms with E-state index in [-0.39, 0.29) is 0 Å². The lowest BCUT2D eigenvalue weighted by Crippen LogP contribution is -1.45. The molecule has 1 N–H and O–H groups in total. The molecule has 0 aliphatic rings.